The molecule has 0 saturated heterocycles. The molecule has 9 heteroatoms. The number of rotatable bonds is 2. The molecule has 0 amide bonds. The maximum Gasteiger partial charge on any atom is 0.199 e. The Morgan fingerprint density at radius 1 is 1.17 bits per heavy atom. The SMILES string of the molecule is Nc1nonc1-c1nc2cnc(Br)cc2n1-c1ccc(O)cc1. The van der Waals surface area contributed by atoms with Gasteiger partial charge in [-0.05, 0) is 56.6 Å². The van der Waals surface area contributed by atoms with Gasteiger partial charge in [-0.3, -0.25) is 4.57 Å². The Kier molecular flexibility index (Phi) is 3.01. The molecule has 0 fully saturated rings. The van der Waals surface area contributed by atoms with Crippen LogP contribution in [0, 0.1) is 0 Å². The molecule has 4 rings (SSSR count). The zero-order valence-electron chi connectivity index (χ0n) is 11.5. The number of benzene rings is 1. The second-order valence-corrected chi connectivity index (χ2v) is 5.59. The lowest BCUT2D eigenvalue weighted by atomic mass is 10.2. The van der Waals surface area contributed by atoms with Crippen molar-refractivity contribution in [2.75, 3.05) is 5.73 Å². The highest BCUT2D eigenvalue weighted by molar-refractivity contribution is 9.10. The van der Waals surface area contributed by atoms with Crippen LogP contribution in [0.5, 0.6) is 5.75 Å². The summed E-state index contributed by atoms with van der Waals surface area (Å²) in [6, 6.07) is 8.54. The summed E-state index contributed by atoms with van der Waals surface area (Å²) < 4.78 is 7.20. The number of nitrogens with zero attached hydrogens (tertiary/aromatic N) is 5. The molecule has 4 aromatic rings. The van der Waals surface area contributed by atoms with Crippen molar-refractivity contribution in [1.82, 2.24) is 24.8 Å². The Balaban J connectivity index is 2.08. The van der Waals surface area contributed by atoms with Gasteiger partial charge in [-0.15, -0.1) is 0 Å². The highest BCUT2D eigenvalue weighted by Gasteiger charge is 2.20. The minimum Gasteiger partial charge on any atom is -0.508 e. The summed E-state index contributed by atoms with van der Waals surface area (Å²) in [5, 5.41) is 16.9. The first kappa shape index (κ1) is 13.7. The van der Waals surface area contributed by atoms with Gasteiger partial charge in [0.25, 0.3) is 0 Å². The summed E-state index contributed by atoms with van der Waals surface area (Å²) in [4.78, 5) is 8.71. The van der Waals surface area contributed by atoms with Gasteiger partial charge < -0.3 is 10.8 Å². The molecule has 0 spiro atoms. The summed E-state index contributed by atoms with van der Waals surface area (Å²) >= 11 is 3.36. The molecule has 0 atom stereocenters. The quantitative estimate of drug-likeness (QED) is 0.519. The summed E-state index contributed by atoms with van der Waals surface area (Å²) in [5.41, 5.74) is 8.39. The molecule has 0 aliphatic carbocycles. The fourth-order valence-electron chi connectivity index (χ4n) is 2.33. The topological polar surface area (TPSA) is 116 Å². The zero-order valence-corrected chi connectivity index (χ0v) is 13.1. The number of aromatic nitrogens is 5. The average molecular weight is 373 g/mol. The number of hydrogen-bond donors (Lipinski definition) is 2. The van der Waals surface area contributed by atoms with Gasteiger partial charge in [0.2, 0.25) is 0 Å². The van der Waals surface area contributed by atoms with E-state index in [1.807, 2.05) is 10.6 Å². The maximum atomic E-state index is 9.51. The first-order valence-corrected chi connectivity index (χ1v) is 7.34. The second kappa shape index (κ2) is 5.06. The number of pyridine rings is 1. The van der Waals surface area contributed by atoms with Crippen LogP contribution in [0.15, 0.2) is 45.8 Å². The summed E-state index contributed by atoms with van der Waals surface area (Å²) in [7, 11) is 0. The number of nitrogens with two attached hydrogens (primary N) is 1. The van der Waals surface area contributed by atoms with Crippen LogP contribution in [0.1, 0.15) is 0 Å². The monoisotopic (exact) mass is 372 g/mol. The third kappa shape index (κ3) is 2.21. The van der Waals surface area contributed by atoms with E-state index >= 15 is 0 Å². The lowest BCUT2D eigenvalue weighted by Gasteiger charge is -2.08. The number of phenols is 1. The van der Waals surface area contributed by atoms with E-state index in [0.29, 0.717) is 21.6 Å². The van der Waals surface area contributed by atoms with E-state index < -0.39 is 0 Å². The summed E-state index contributed by atoms with van der Waals surface area (Å²) in [6.07, 6.45) is 1.64. The highest BCUT2D eigenvalue weighted by Crippen LogP contribution is 2.31. The van der Waals surface area contributed by atoms with Crippen molar-refractivity contribution in [2.24, 2.45) is 0 Å². The zero-order chi connectivity index (χ0) is 16.0. The van der Waals surface area contributed by atoms with Gasteiger partial charge in [0, 0.05) is 5.69 Å². The molecule has 0 saturated carbocycles. The fraction of sp³-hybridized carbons (Fsp3) is 0. The van der Waals surface area contributed by atoms with Crippen LogP contribution in [0.4, 0.5) is 5.82 Å². The van der Waals surface area contributed by atoms with E-state index in [2.05, 4.69) is 40.8 Å². The van der Waals surface area contributed by atoms with Crippen molar-refractivity contribution in [3.05, 3.63) is 41.1 Å². The number of fused-ring (bicyclic) bond motifs is 1. The second-order valence-electron chi connectivity index (χ2n) is 4.78. The predicted molar refractivity (Wildman–Crippen MR) is 85.9 cm³/mol. The number of hydrogen-bond acceptors (Lipinski definition) is 7. The predicted octanol–water partition coefficient (Wildman–Crippen LogP) is 2.52. The number of aromatic hydroxyl groups is 1. The average Bonchev–Trinajstić information content (AvgIpc) is 3.11. The van der Waals surface area contributed by atoms with E-state index in [4.69, 9.17) is 5.73 Å². The smallest absolute Gasteiger partial charge is 0.199 e. The normalized spacial score (nSPS) is 11.2. The first-order chi connectivity index (χ1) is 11.1. The molecule has 0 radical (unpaired) electrons. The molecule has 0 aliphatic rings. The van der Waals surface area contributed by atoms with Crippen LogP contribution in [-0.2, 0) is 0 Å². The third-order valence-corrected chi connectivity index (χ3v) is 3.77. The van der Waals surface area contributed by atoms with E-state index in [9.17, 15) is 5.11 Å². The lowest BCUT2D eigenvalue weighted by molar-refractivity contribution is 0.310. The molecule has 3 aromatic heterocycles. The van der Waals surface area contributed by atoms with Crippen molar-refractivity contribution in [3.63, 3.8) is 0 Å². The lowest BCUT2D eigenvalue weighted by Crippen LogP contribution is -1.99. The van der Waals surface area contributed by atoms with Gasteiger partial charge in [0.05, 0.1) is 11.7 Å². The van der Waals surface area contributed by atoms with Gasteiger partial charge in [-0.1, -0.05) is 0 Å². The van der Waals surface area contributed by atoms with Crippen LogP contribution >= 0.6 is 15.9 Å². The van der Waals surface area contributed by atoms with Crippen LogP contribution in [0.25, 0.3) is 28.2 Å². The fourth-order valence-corrected chi connectivity index (χ4v) is 2.65. The van der Waals surface area contributed by atoms with Crippen LogP contribution in [-0.4, -0.2) is 30.0 Å². The molecule has 0 unspecified atom stereocenters. The Hall–Kier alpha value is -2.94. The minimum absolute atomic E-state index is 0.146. The molecule has 3 N–H and O–H groups in total. The molecular formula is C14H9BrN6O2. The van der Waals surface area contributed by atoms with Crippen molar-refractivity contribution < 1.29 is 9.74 Å². The molecule has 23 heavy (non-hydrogen) atoms. The summed E-state index contributed by atoms with van der Waals surface area (Å²) in [5.74, 6) is 0.793. The van der Waals surface area contributed by atoms with E-state index in [-0.39, 0.29) is 11.6 Å². The van der Waals surface area contributed by atoms with Gasteiger partial charge in [0.1, 0.15) is 15.9 Å². The Morgan fingerprint density at radius 3 is 2.65 bits per heavy atom. The van der Waals surface area contributed by atoms with E-state index in [1.165, 1.54) is 0 Å². The largest absolute Gasteiger partial charge is 0.508 e. The van der Waals surface area contributed by atoms with Gasteiger partial charge in [0.15, 0.2) is 17.3 Å². The van der Waals surface area contributed by atoms with Gasteiger partial charge in [-0.25, -0.2) is 14.6 Å². The third-order valence-electron chi connectivity index (χ3n) is 3.34. The van der Waals surface area contributed by atoms with Crippen molar-refractivity contribution in [2.45, 2.75) is 0 Å². The summed E-state index contributed by atoms with van der Waals surface area (Å²) in [6.45, 7) is 0. The molecule has 1 aromatic carbocycles. The number of nitrogen functional groups attached to an aromatic ring is 1. The first-order valence-electron chi connectivity index (χ1n) is 6.55. The van der Waals surface area contributed by atoms with E-state index in [1.54, 1.807) is 30.5 Å². The Morgan fingerprint density at radius 2 is 1.96 bits per heavy atom. The molecular weight excluding hydrogens is 364 g/mol. The maximum absolute atomic E-state index is 9.51. The number of phenolic OH excluding ortho intramolecular Hbond substituents is 1. The van der Waals surface area contributed by atoms with Crippen molar-refractivity contribution >= 4 is 32.8 Å². The molecule has 114 valence electrons. The van der Waals surface area contributed by atoms with Crippen molar-refractivity contribution in [1.29, 1.82) is 0 Å². The standard InChI is InChI=1S/C14H9BrN6O2/c15-11-5-10-9(6-17-11)18-14(12-13(16)20-23-19-12)21(10)7-1-3-8(22)4-2-7/h1-6,22H,(H2,16,20). The molecule has 0 aliphatic heterocycles. The molecule has 0 bridgehead atoms. The Bertz CT molecular complexity index is 1010. The van der Waals surface area contributed by atoms with E-state index in [0.717, 1.165) is 11.2 Å². The number of halogens is 1. The Labute approximate surface area is 137 Å². The van der Waals surface area contributed by atoms with Crippen molar-refractivity contribution in [3.8, 4) is 23.0 Å². The number of anilines is 1. The van der Waals surface area contributed by atoms with Crippen LogP contribution < -0.4 is 5.73 Å². The van der Waals surface area contributed by atoms with Crippen LogP contribution in [0.3, 0.4) is 0 Å². The van der Waals surface area contributed by atoms with Gasteiger partial charge >= 0.3 is 0 Å². The van der Waals surface area contributed by atoms with Crippen LogP contribution in [0.2, 0.25) is 0 Å². The number of imidazole rings is 1. The van der Waals surface area contributed by atoms with Gasteiger partial charge in [-0.2, -0.15) is 0 Å². The minimum atomic E-state index is 0.146. The molecule has 8 nitrogen and oxygen atoms in total. The highest BCUT2D eigenvalue weighted by atomic mass is 79.9. The molecule has 3 heterocycles.